The molecule has 0 aliphatic rings. The van der Waals surface area contributed by atoms with Crippen molar-refractivity contribution in [2.75, 3.05) is 11.7 Å². The van der Waals surface area contributed by atoms with Crippen molar-refractivity contribution in [3.8, 4) is 0 Å². The molecule has 0 aromatic heterocycles. The van der Waals surface area contributed by atoms with Gasteiger partial charge >= 0.3 is 125 Å². The molecule has 6 heteroatoms. The van der Waals surface area contributed by atoms with E-state index in [0.29, 0.717) is 0 Å². The molecule has 0 saturated heterocycles. The molecule has 96 valence electrons. The van der Waals surface area contributed by atoms with E-state index in [1.807, 2.05) is 19.1 Å². The van der Waals surface area contributed by atoms with Gasteiger partial charge in [0.15, 0.2) is 0 Å². The van der Waals surface area contributed by atoms with Gasteiger partial charge in [0.25, 0.3) is 0 Å². The molecule has 1 unspecified atom stereocenters. The fourth-order valence-electron chi connectivity index (χ4n) is 1.44. The molecule has 1 aromatic carbocycles. The van der Waals surface area contributed by atoms with Crippen molar-refractivity contribution in [3.05, 3.63) is 29.8 Å². The molecular formula is C11H17Br2NOSSn. The van der Waals surface area contributed by atoms with E-state index in [4.69, 9.17) is 8.81 Å². The van der Waals surface area contributed by atoms with Crippen molar-refractivity contribution in [1.82, 2.24) is 0 Å². The third kappa shape index (κ3) is 5.03. The topological polar surface area (TPSA) is 35.2 Å². The summed E-state index contributed by atoms with van der Waals surface area (Å²) in [5.74, 6) is 1.78. The number of benzene rings is 1. The van der Waals surface area contributed by atoms with Crippen molar-refractivity contribution in [3.63, 3.8) is 0 Å². The van der Waals surface area contributed by atoms with E-state index in [0.717, 1.165) is 11.7 Å². The van der Waals surface area contributed by atoms with Crippen LogP contribution in [0, 0.1) is 0 Å². The van der Waals surface area contributed by atoms with Crippen LogP contribution >= 0.6 is 37.2 Å². The van der Waals surface area contributed by atoms with Crippen LogP contribution in [0.4, 0.5) is 0 Å². The maximum absolute atomic E-state index is 6.00. The van der Waals surface area contributed by atoms with Crippen LogP contribution in [0.1, 0.15) is 25.5 Å². The first kappa shape index (κ1) is 16.3. The molecule has 0 aliphatic heterocycles. The molecule has 2 nitrogen and oxygen atoms in total. The van der Waals surface area contributed by atoms with Crippen molar-refractivity contribution in [1.29, 1.82) is 0 Å². The summed E-state index contributed by atoms with van der Waals surface area (Å²) in [6.07, 6.45) is 0. The van der Waals surface area contributed by atoms with Crippen molar-refractivity contribution in [2.24, 2.45) is 5.73 Å². The van der Waals surface area contributed by atoms with E-state index in [9.17, 15) is 0 Å². The second kappa shape index (κ2) is 7.74. The van der Waals surface area contributed by atoms with Gasteiger partial charge in [-0.3, -0.25) is 0 Å². The number of nitrogens with two attached hydrogens (primary N) is 1. The van der Waals surface area contributed by atoms with Crippen molar-refractivity contribution >= 4 is 55.1 Å². The van der Waals surface area contributed by atoms with Crippen molar-refractivity contribution in [2.45, 2.75) is 19.9 Å². The molecule has 17 heavy (non-hydrogen) atoms. The summed E-state index contributed by atoms with van der Waals surface area (Å²) in [4.78, 5) is 0. The van der Waals surface area contributed by atoms with Gasteiger partial charge in [-0.25, -0.2) is 0 Å². The van der Waals surface area contributed by atoms with Gasteiger partial charge in [0.2, 0.25) is 0 Å². The summed E-state index contributed by atoms with van der Waals surface area (Å²) >= 11 is 6.34. The zero-order valence-electron chi connectivity index (χ0n) is 9.95. The van der Waals surface area contributed by atoms with Gasteiger partial charge < -0.3 is 0 Å². The third-order valence-corrected chi connectivity index (χ3v) is 16.9. The standard InChI is InChI=1S/C8H10N.C3H7OS.2BrH.Sn/c1-7(9)8-5-3-2-4-6-8;1-2-5-3-4;;;/h2-5,7H,9H2,1H3;2-3H2,1H3;2*1H;/q;-1;;;+3/p-2. The third-order valence-electron chi connectivity index (χ3n) is 2.29. The first-order chi connectivity index (χ1) is 7.99. The molecule has 0 spiro atoms. The molecule has 1 atom stereocenters. The summed E-state index contributed by atoms with van der Waals surface area (Å²) < 4.78 is 7.23. The molecule has 0 saturated carbocycles. The number of thioether (sulfide) groups is 1. The number of hydrogen-bond donors (Lipinski definition) is 1. The second-order valence-corrected chi connectivity index (χ2v) is 32.3. The van der Waals surface area contributed by atoms with Crippen molar-refractivity contribution < 1.29 is 3.07 Å². The molecule has 0 bridgehead atoms. The minimum atomic E-state index is -2.99. The summed E-state index contributed by atoms with van der Waals surface area (Å²) in [7, 11) is 0. The molecule has 2 N–H and O–H groups in total. The van der Waals surface area contributed by atoms with E-state index >= 15 is 0 Å². The Morgan fingerprint density at radius 2 is 2.06 bits per heavy atom. The monoisotopic (exact) mass is 489 g/mol. The van der Waals surface area contributed by atoms with Gasteiger partial charge in [-0.2, -0.15) is 0 Å². The van der Waals surface area contributed by atoms with E-state index in [1.165, 1.54) is 9.14 Å². The zero-order valence-corrected chi connectivity index (χ0v) is 16.8. The summed E-state index contributed by atoms with van der Waals surface area (Å²) in [5.41, 5.74) is 7.16. The Kier molecular flexibility index (Phi) is 7.43. The van der Waals surface area contributed by atoms with Crippen LogP contribution in [0.5, 0.6) is 0 Å². The molecule has 0 radical (unpaired) electrons. The maximum atomic E-state index is 6.00. The van der Waals surface area contributed by atoms with Crippen LogP contribution < -0.4 is 9.31 Å². The molecule has 1 aromatic rings. The van der Waals surface area contributed by atoms with E-state index in [-0.39, 0.29) is 6.04 Å². The van der Waals surface area contributed by atoms with E-state index < -0.39 is 14.3 Å². The normalized spacial score (nSPS) is 13.7. The Labute approximate surface area is 124 Å². The molecule has 0 fully saturated rings. The van der Waals surface area contributed by atoms with Gasteiger partial charge in [-0.1, -0.05) is 0 Å². The SMILES string of the molecule is CCSC[O][Sn]([Br])([Br])[c]1ccccc1C(C)N. The summed E-state index contributed by atoms with van der Waals surface area (Å²) in [5, 5.41) is 0. The van der Waals surface area contributed by atoms with Gasteiger partial charge in [-0.05, 0) is 0 Å². The number of halogens is 2. The Hall–Kier alpha value is 1.25. The first-order valence-electron chi connectivity index (χ1n) is 5.43. The Balaban J connectivity index is 2.89. The molecule has 0 heterocycles. The van der Waals surface area contributed by atoms with Gasteiger partial charge in [0, 0.05) is 0 Å². The molecular weight excluding hydrogens is 473 g/mol. The Morgan fingerprint density at radius 3 is 2.65 bits per heavy atom. The van der Waals surface area contributed by atoms with Crippen LogP contribution in [0.3, 0.4) is 0 Å². The van der Waals surface area contributed by atoms with Gasteiger partial charge in [-0.15, -0.1) is 0 Å². The molecule has 1 rings (SSSR count). The minimum absolute atomic E-state index is 0.0276. The van der Waals surface area contributed by atoms with E-state index in [1.54, 1.807) is 11.8 Å². The fourth-order valence-corrected chi connectivity index (χ4v) is 15.5. The zero-order chi connectivity index (χ0) is 12.9. The molecule has 0 amide bonds. The van der Waals surface area contributed by atoms with Crippen LogP contribution in [0.25, 0.3) is 0 Å². The fraction of sp³-hybridized carbons (Fsp3) is 0.455. The first-order valence-corrected chi connectivity index (χ1v) is 22.0. The summed E-state index contributed by atoms with van der Waals surface area (Å²) in [6, 6.07) is 8.26. The average molecular weight is 490 g/mol. The second-order valence-electron chi connectivity index (χ2n) is 3.65. The number of rotatable bonds is 6. The number of hydrogen-bond acceptors (Lipinski definition) is 3. The van der Waals surface area contributed by atoms with Gasteiger partial charge in [0.05, 0.1) is 0 Å². The summed E-state index contributed by atoms with van der Waals surface area (Å²) in [6.45, 7) is 4.13. The predicted octanol–water partition coefficient (Wildman–Crippen LogP) is 3.37. The van der Waals surface area contributed by atoms with Crippen LogP contribution in [-0.4, -0.2) is 26.0 Å². The van der Waals surface area contributed by atoms with Crippen LogP contribution in [0.2, 0.25) is 0 Å². The van der Waals surface area contributed by atoms with Crippen LogP contribution in [-0.2, 0) is 3.07 Å². The Morgan fingerprint density at radius 1 is 1.41 bits per heavy atom. The van der Waals surface area contributed by atoms with Gasteiger partial charge in [0.1, 0.15) is 0 Å². The molecule has 0 aliphatic carbocycles. The Bertz CT molecular complexity index is 363. The predicted molar refractivity (Wildman–Crippen MR) is 86.4 cm³/mol. The van der Waals surface area contributed by atoms with E-state index in [2.05, 4.69) is 44.5 Å². The van der Waals surface area contributed by atoms with Crippen LogP contribution in [0.15, 0.2) is 24.3 Å². The average Bonchev–Trinajstić information content (AvgIpc) is 2.29. The quantitative estimate of drug-likeness (QED) is 0.378.